The van der Waals surface area contributed by atoms with Crippen LogP contribution in [0.15, 0.2) is 70.8 Å². The number of aromatic amines is 1. The monoisotopic (exact) mass is 441 g/mol. The molecule has 0 saturated heterocycles. The summed E-state index contributed by atoms with van der Waals surface area (Å²) < 4.78 is 26.6. The van der Waals surface area contributed by atoms with Crippen LogP contribution in [0, 0.1) is 11.6 Å². The Hall–Kier alpha value is -2.38. The van der Waals surface area contributed by atoms with Gasteiger partial charge in [-0.3, -0.25) is 4.98 Å². The van der Waals surface area contributed by atoms with Crippen LogP contribution in [-0.2, 0) is 12.2 Å². The van der Waals surface area contributed by atoms with E-state index in [1.54, 1.807) is 23.5 Å². The molecule has 2 heterocycles. The third-order valence-corrected chi connectivity index (χ3v) is 6.62. The summed E-state index contributed by atoms with van der Waals surface area (Å²) in [6.45, 7) is 0. The number of pyridine rings is 1. The summed E-state index contributed by atoms with van der Waals surface area (Å²) in [7, 11) is 0. The number of nitrogens with zero attached hydrogens (tertiary/aromatic N) is 2. The second-order valence-electron chi connectivity index (χ2n) is 6.87. The smallest absolute Gasteiger partial charge is 0.166 e. The lowest BCUT2D eigenvalue weighted by Gasteiger charge is -2.05. The Bertz CT molecular complexity index is 1100. The molecule has 0 aliphatic heterocycles. The van der Waals surface area contributed by atoms with Crippen LogP contribution in [0.2, 0.25) is 0 Å². The van der Waals surface area contributed by atoms with Crippen LogP contribution >= 0.6 is 23.5 Å². The molecule has 30 heavy (non-hydrogen) atoms. The second-order valence-corrected chi connectivity index (χ2v) is 9.00. The fourth-order valence-corrected chi connectivity index (χ4v) is 4.84. The van der Waals surface area contributed by atoms with E-state index >= 15 is 0 Å². The van der Waals surface area contributed by atoms with Crippen molar-refractivity contribution in [2.24, 2.45) is 0 Å². The van der Waals surface area contributed by atoms with E-state index in [-0.39, 0.29) is 0 Å². The lowest BCUT2D eigenvalue weighted by atomic mass is 10.1. The van der Waals surface area contributed by atoms with Crippen molar-refractivity contribution in [1.29, 1.82) is 0 Å². The van der Waals surface area contributed by atoms with Crippen molar-refractivity contribution < 1.29 is 8.78 Å². The molecule has 0 saturated carbocycles. The number of aryl methyl sites for hydroxylation is 1. The average Bonchev–Trinajstić information content (AvgIpc) is 3.17. The van der Waals surface area contributed by atoms with Crippen molar-refractivity contribution >= 4 is 34.6 Å². The molecular weight excluding hydrogens is 420 g/mol. The summed E-state index contributed by atoms with van der Waals surface area (Å²) in [5, 5.41) is 0.893. The zero-order chi connectivity index (χ0) is 20.8. The zero-order valence-electron chi connectivity index (χ0n) is 16.3. The van der Waals surface area contributed by atoms with Crippen LogP contribution in [0.1, 0.15) is 24.1 Å². The lowest BCUT2D eigenvalue weighted by Crippen LogP contribution is -1.93. The number of fused-ring (bicyclic) bond motifs is 1. The highest BCUT2D eigenvalue weighted by Gasteiger charge is 2.06. The SMILES string of the molecule is Fc1ccc(CCCCSc2ccnc(CSc3nc4ccccc4[nH]3)c2)c(F)c1. The normalized spacial score (nSPS) is 11.3. The largest absolute Gasteiger partial charge is 0.333 e. The van der Waals surface area contributed by atoms with E-state index in [0.29, 0.717) is 12.0 Å². The Morgan fingerprint density at radius 2 is 1.83 bits per heavy atom. The fourth-order valence-electron chi connectivity index (χ4n) is 3.10. The first-order valence-corrected chi connectivity index (χ1v) is 11.7. The molecule has 7 heteroatoms. The molecule has 3 nitrogen and oxygen atoms in total. The first-order valence-electron chi connectivity index (χ1n) is 9.76. The maximum absolute atomic E-state index is 13.7. The zero-order valence-corrected chi connectivity index (χ0v) is 17.9. The maximum Gasteiger partial charge on any atom is 0.166 e. The number of H-pyrrole nitrogens is 1. The molecule has 1 N–H and O–H groups in total. The summed E-state index contributed by atoms with van der Waals surface area (Å²) >= 11 is 3.41. The van der Waals surface area contributed by atoms with E-state index in [4.69, 9.17) is 0 Å². The van der Waals surface area contributed by atoms with Crippen molar-refractivity contribution in [3.05, 3.63) is 83.7 Å². The molecule has 2 aromatic carbocycles. The molecule has 0 amide bonds. The molecule has 154 valence electrons. The number of thioether (sulfide) groups is 2. The Morgan fingerprint density at radius 1 is 0.933 bits per heavy atom. The highest BCUT2D eigenvalue weighted by Crippen LogP contribution is 2.25. The van der Waals surface area contributed by atoms with Gasteiger partial charge in [-0.2, -0.15) is 0 Å². The molecule has 0 fully saturated rings. The summed E-state index contributed by atoms with van der Waals surface area (Å²) in [5.41, 5.74) is 3.60. The van der Waals surface area contributed by atoms with E-state index in [1.165, 1.54) is 17.0 Å². The fraction of sp³-hybridized carbons (Fsp3) is 0.217. The molecule has 0 radical (unpaired) electrons. The van der Waals surface area contributed by atoms with Crippen molar-refractivity contribution in [2.75, 3.05) is 5.75 Å². The van der Waals surface area contributed by atoms with Crippen LogP contribution in [0.4, 0.5) is 8.78 Å². The highest BCUT2D eigenvalue weighted by molar-refractivity contribution is 7.99. The molecule has 0 bridgehead atoms. The molecule has 4 aromatic rings. The Labute approximate surface area is 182 Å². The van der Waals surface area contributed by atoms with Crippen molar-refractivity contribution in [3.8, 4) is 0 Å². The number of hydrogen-bond acceptors (Lipinski definition) is 4. The van der Waals surface area contributed by atoms with Crippen molar-refractivity contribution in [2.45, 2.75) is 35.1 Å². The summed E-state index contributed by atoms with van der Waals surface area (Å²) in [4.78, 5) is 13.5. The maximum atomic E-state index is 13.7. The van der Waals surface area contributed by atoms with Gasteiger partial charge >= 0.3 is 0 Å². The number of hydrogen-bond donors (Lipinski definition) is 1. The number of rotatable bonds is 9. The molecule has 0 unspecified atom stereocenters. The Balaban J connectivity index is 1.23. The molecule has 0 aliphatic rings. The van der Waals surface area contributed by atoms with Gasteiger partial charge in [-0.1, -0.05) is 30.0 Å². The number of aromatic nitrogens is 3. The number of unbranched alkanes of at least 4 members (excludes halogenated alkanes) is 1. The van der Waals surface area contributed by atoms with Gasteiger partial charge in [-0.15, -0.1) is 11.8 Å². The van der Waals surface area contributed by atoms with Crippen molar-refractivity contribution in [1.82, 2.24) is 15.0 Å². The van der Waals surface area contributed by atoms with Gasteiger partial charge in [-0.05, 0) is 60.9 Å². The minimum absolute atomic E-state index is 0.455. The first kappa shape index (κ1) is 20.9. The number of benzene rings is 2. The van der Waals surface area contributed by atoms with Crippen molar-refractivity contribution in [3.63, 3.8) is 0 Å². The molecular formula is C23H21F2N3S2. The lowest BCUT2D eigenvalue weighted by molar-refractivity contribution is 0.568. The standard InChI is InChI=1S/C23H21F2N3S2/c24-17-9-8-16(20(25)13-17)5-3-4-12-29-19-10-11-26-18(14-19)15-30-23-27-21-6-1-2-7-22(21)28-23/h1-2,6-11,13-14H,3-5,12,15H2,(H,27,28). The van der Waals surface area contributed by atoms with Gasteiger partial charge < -0.3 is 4.98 Å². The molecule has 0 spiro atoms. The summed E-state index contributed by atoms with van der Waals surface area (Å²) in [6, 6.07) is 15.9. The van der Waals surface area contributed by atoms with Gasteiger partial charge in [0.1, 0.15) is 11.6 Å². The predicted octanol–water partition coefficient (Wildman–Crippen LogP) is 6.64. The molecule has 4 rings (SSSR count). The molecule has 2 aromatic heterocycles. The van der Waals surface area contributed by atoms with Gasteiger partial charge in [0.15, 0.2) is 5.16 Å². The van der Waals surface area contributed by atoms with Gasteiger partial charge in [0.25, 0.3) is 0 Å². The topological polar surface area (TPSA) is 41.6 Å². The molecule has 0 aliphatic carbocycles. The second kappa shape index (κ2) is 10.1. The molecule has 0 atom stereocenters. The third kappa shape index (κ3) is 5.61. The van der Waals surface area contributed by atoms with Gasteiger partial charge in [0, 0.05) is 22.9 Å². The highest BCUT2D eigenvalue weighted by atomic mass is 32.2. The van der Waals surface area contributed by atoms with E-state index in [9.17, 15) is 8.78 Å². The van der Waals surface area contributed by atoms with Crippen LogP contribution in [0.25, 0.3) is 11.0 Å². The third-order valence-electron chi connectivity index (χ3n) is 4.64. The number of nitrogens with one attached hydrogen (secondary N) is 1. The minimum Gasteiger partial charge on any atom is -0.333 e. The van der Waals surface area contributed by atoms with Gasteiger partial charge in [0.2, 0.25) is 0 Å². The Morgan fingerprint density at radius 3 is 2.70 bits per heavy atom. The van der Waals surface area contributed by atoms with E-state index < -0.39 is 11.6 Å². The number of imidazole rings is 1. The van der Waals surface area contributed by atoms with Crippen LogP contribution in [0.5, 0.6) is 0 Å². The van der Waals surface area contributed by atoms with E-state index in [2.05, 4.69) is 21.0 Å². The average molecular weight is 442 g/mol. The van der Waals surface area contributed by atoms with Crippen LogP contribution in [0.3, 0.4) is 0 Å². The minimum atomic E-state index is -0.529. The van der Waals surface area contributed by atoms with Crippen LogP contribution in [-0.4, -0.2) is 20.7 Å². The first-order chi connectivity index (χ1) is 14.7. The number of halogens is 2. The van der Waals surface area contributed by atoms with E-state index in [0.717, 1.165) is 52.3 Å². The van der Waals surface area contributed by atoms with Gasteiger partial charge in [0.05, 0.1) is 16.7 Å². The summed E-state index contributed by atoms with van der Waals surface area (Å²) in [6.07, 6.45) is 4.30. The summed E-state index contributed by atoms with van der Waals surface area (Å²) in [5.74, 6) is 0.711. The quantitative estimate of drug-likeness (QED) is 0.233. The van der Waals surface area contributed by atoms with Gasteiger partial charge in [-0.25, -0.2) is 13.8 Å². The number of para-hydroxylation sites is 2. The Kier molecular flexibility index (Phi) is 7.02. The predicted molar refractivity (Wildman–Crippen MR) is 120 cm³/mol. The van der Waals surface area contributed by atoms with E-state index in [1.807, 2.05) is 36.5 Å². The van der Waals surface area contributed by atoms with Crippen LogP contribution < -0.4 is 0 Å².